The van der Waals surface area contributed by atoms with Gasteiger partial charge in [0.05, 0.1) is 5.04 Å². The lowest BCUT2D eigenvalue weighted by atomic mass is 10.3. The maximum Gasteiger partial charge on any atom is 0.0958 e. The number of thiol groups is 1. The molecular formula is C7H8N2S. The zero-order chi connectivity index (χ0) is 7.40. The van der Waals surface area contributed by atoms with Crippen LogP contribution in [0.1, 0.15) is 5.56 Å². The van der Waals surface area contributed by atoms with Gasteiger partial charge in [-0.3, -0.25) is 9.98 Å². The Hall–Kier alpha value is -0.830. The third-order valence-corrected chi connectivity index (χ3v) is 1.59. The summed E-state index contributed by atoms with van der Waals surface area (Å²) in [5.41, 5.74) is 0.952. The van der Waals surface area contributed by atoms with Crippen molar-refractivity contribution in [3.63, 3.8) is 0 Å². The Kier molecular flexibility index (Phi) is 2.45. The van der Waals surface area contributed by atoms with E-state index in [1.807, 2.05) is 12.1 Å². The first-order valence-electron chi connectivity index (χ1n) is 2.90. The summed E-state index contributed by atoms with van der Waals surface area (Å²) >= 11 is 4.13. The van der Waals surface area contributed by atoms with Gasteiger partial charge in [-0.1, -0.05) is 0 Å². The minimum atomic E-state index is 0.716. The van der Waals surface area contributed by atoms with Crippen LogP contribution in [0.25, 0.3) is 0 Å². The number of aliphatic imine (C=N–C) groups is 1. The Morgan fingerprint density at radius 3 is 3.00 bits per heavy atom. The minimum Gasteiger partial charge on any atom is -0.281 e. The van der Waals surface area contributed by atoms with E-state index in [4.69, 9.17) is 0 Å². The van der Waals surface area contributed by atoms with E-state index in [2.05, 4.69) is 22.6 Å². The van der Waals surface area contributed by atoms with Gasteiger partial charge >= 0.3 is 0 Å². The van der Waals surface area contributed by atoms with Gasteiger partial charge in [0.1, 0.15) is 0 Å². The molecule has 1 aromatic heterocycles. The Balaban J connectivity index is 2.96. The highest BCUT2D eigenvalue weighted by atomic mass is 32.1. The fourth-order valence-electron chi connectivity index (χ4n) is 0.624. The monoisotopic (exact) mass is 152 g/mol. The second kappa shape index (κ2) is 3.37. The molecule has 0 bridgehead atoms. The molecule has 1 aromatic rings. The van der Waals surface area contributed by atoms with E-state index in [0.717, 1.165) is 5.56 Å². The number of hydrogen-bond donors (Lipinski definition) is 1. The molecule has 0 saturated heterocycles. The predicted octanol–water partition coefficient (Wildman–Crippen LogP) is 1.39. The Morgan fingerprint density at radius 2 is 2.50 bits per heavy atom. The number of aromatic nitrogens is 1. The first kappa shape index (κ1) is 7.28. The summed E-state index contributed by atoms with van der Waals surface area (Å²) in [6.45, 7) is 0. The average molecular weight is 152 g/mol. The molecule has 0 aliphatic rings. The SMILES string of the molecule is C/N=C(\S)c1cccnc1. The van der Waals surface area contributed by atoms with Crippen molar-refractivity contribution < 1.29 is 0 Å². The molecule has 0 amide bonds. The van der Waals surface area contributed by atoms with Gasteiger partial charge in [-0.25, -0.2) is 0 Å². The van der Waals surface area contributed by atoms with Crippen LogP contribution in [0, 0.1) is 0 Å². The van der Waals surface area contributed by atoms with E-state index in [-0.39, 0.29) is 0 Å². The lowest BCUT2D eigenvalue weighted by molar-refractivity contribution is 1.31. The van der Waals surface area contributed by atoms with Crippen LogP contribution in [0.3, 0.4) is 0 Å². The Morgan fingerprint density at radius 1 is 1.70 bits per heavy atom. The van der Waals surface area contributed by atoms with Gasteiger partial charge in [-0.05, 0) is 12.1 Å². The van der Waals surface area contributed by atoms with Crippen LogP contribution < -0.4 is 0 Å². The van der Waals surface area contributed by atoms with Crippen molar-refractivity contribution in [3.8, 4) is 0 Å². The molecule has 0 aliphatic heterocycles. The van der Waals surface area contributed by atoms with Crippen LogP contribution in [-0.4, -0.2) is 17.1 Å². The lowest BCUT2D eigenvalue weighted by Gasteiger charge is -1.94. The molecular weight excluding hydrogens is 144 g/mol. The van der Waals surface area contributed by atoms with Crippen LogP contribution in [0.15, 0.2) is 29.5 Å². The molecule has 0 fully saturated rings. The van der Waals surface area contributed by atoms with Crippen molar-refractivity contribution in [1.82, 2.24) is 4.98 Å². The zero-order valence-electron chi connectivity index (χ0n) is 5.65. The first-order valence-corrected chi connectivity index (χ1v) is 3.35. The highest BCUT2D eigenvalue weighted by Gasteiger charge is 1.92. The van der Waals surface area contributed by atoms with Crippen molar-refractivity contribution >= 4 is 17.7 Å². The summed E-state index contributed by atoms with van der Waals surface area (Å²) in [5, 5.41) is 0.716. The van der Waals surface area contributed by atoms with Gasteiger partial charge in [0, 0.05) is 25.0 Å². The van der Waals surface area contributed by atoms with Gasteiger partial charge < -0.3 is 0 Å². The number of nitrogens with zero attached hydrogens (tertiary/aromatic N) is 2. The van der Waals surface area contributed by atoms with Crippen molar-refractivity contribution in [3.05, 3.63) is 30.1 Å². The molecule has 0 N–H and O–H groups in total. The van der Waals surface area contributed by atoms with Crippen molar-refractivity contribution in [1.29, 1.82) is 0 Å². The van der Waals surface area contributed by atoms with Crippen molar-refractivity contribution in [2.45, 2.75) is 0 Å². The van der Waals surface area contributed by atoms with Gasteiger partial charge in [0.15, 0.2) is 0 Å². The molecule has 0 atom stereocenters. The zero-order valence-corrected chi connectivity index (χ0v) is 6.55. The summed E-state index contributed by atoms with van der Waals surface area (Å²) in [4.78, 5) is 7.82. The normalized spacial score (nSPS) is 11.6. The Labute approximate surface area is 65.4 Å². The summed E-state index contributed by atoms with van der Waals surface area (Å²) in [7, 11) is 1.70. The largest absolute Gasteiger partial charge is 0.281 e. The van der Waals surface area contributed by atoms with Crippen LogP contribution in [0.5, 0.6) is 0 Å². The molecule has 2 nitrogen and oxygen atoms in total. The molecule has 3 heteroatoms. The summed E-state index contributed by atoms with van der Waals surface area (Å²) < 4.78 is 0. The van der Waals surface area contributed by atoms with Crippen molar-refractivity contribution in [2.24, 2.45) is 4.99 Å². The fourth-order valence-corrected chi connectivity index (χ4v) is 0.756. The van der Waals surface area contributed by atoms with E-state index in [1.54, 1.807) is 19.4 Å². The summed E-state index contributed by atoms with van der Waals surface area (Å²) in [6, 6.07) is 3.78. The van der Waals surface area contributed by atoms with Crippen LogP contribution >= 0.6 is 12.6 Å². The van der Waals surface area contributed by atoms with Crippen molar-refractivity contribution in [2.75, 3.05) is 7.05 Å². The second-order valence-electron chi connectivity index (χ2n) is 1.79. The quantitative estimate of drug-likeness (QED) is 0.367. The van der Waals surface area contributed by atoms with E-state index in [9.17, 15) is 0 Å². The number of rotatable bonds is 1. The molecule has 0 aliphatic carbocycles. The van der Waals surface area contributed by atoms with E-state index >= 15 is 0 Å². The van der Waals surface area contributed by atoms with Gasteiger partial charge in [0.2, 0.25) is 0 Å². The van der Waals surface area contributed by atoms with Crippen LogP contribution in [0.2, 0.25) is 0 Å². The fraction of sp³-hybridized carbons (Fsp3) is 0.143. The molecule has 1 rings (SSSR count). The smallest absolute Gasteiger partial charge is 0.0958 e. The minimum absolute atomic E-state index is 0.716. The maximum absolute atomic E-state index is 4.13. The third-order valence-electron chi connectivity index (χ3n) is 1.13. The van der Waals surface area contributed by atoms with Gasteiger partial charge in [-0.15, -0.1) is 12.6 Å². The second-order valence-corrected chi connectivity index (χ2v) is 2.21. The molecule has 0 radical (unpaired) electrons. The van der Waals surface area contributed by atoms with Gasteiger partial charge in [0.25, 0.3) is 0 Å². The molecule has 10 heavy (non-hydrogen) atoms. The standard InChI is InChI=1S/C7H8N2S/c1-8-7(10)6-3-2-4-9-5-6/h2-5H,1H3,(H,8,10). The predicted molar refractivity (Wildman–Crippen MR) is 45.7 cm³/mol. The topological polar surface area (TPSA) is 25.2 Å². The molecule has 52 valence electrons. The summed E-state index contributed by atoms with van der Waals surface area (Å²) in [5.74, 6) is 0. The Bertz CT molecular complexity index is 231. The van der Waals surface area contributed by atoms with Crippen LogP contribution in [0.4, 0.5) is 0 Å². The highest BCUT2D eigenvalue weighted by molar-refractivity contribution is 7.97. The maximum atomic E-state index is 4.13. The van der Waals surface area contributed by atoms with E-state index in [1.165, 1.54) is 0 Å². The highest BCUT2D eigenvalue weighted by Crippen LogP contribution is 2.00. The van der Waals surface area contributed by atoms with Crippen LogP contribution in [-0.2, 0) is 0 Å². The number of hydrogen-bond acceptors (Lipinski definition) is 2. The number of pyridine rings is 1. The average Bonchev–Trinajstić information content (AvgIpc) is 2.05. The molecule has 0 aromatic carbocycles. The van der Waals surface area contributed by atoms with E-state index in [0.29, 0.717) is 5.04 Å². The molecule has 0 saturated carbocycles. The lowest BCUT2D eigenvalue weighted by Crippen LogP contribution is -1.90. The van der Waals surface area contributed by atoms with Gasteiger partial charge in [-0.2, -0.15) is 0 Å². The molecule has 1 heterocycles. The third kappa shape index (κ3) is 1.57. The summed E-state index contributed by atoms with van der Waals surface area (Å²) in [6.07, 6.45) is 3.45. The molecule has 0 unspecified atom stereocenters. The first-order chi connectivity index (χ1) is 4.84. The van der Waals surface area contributed by atoms with E-state index < -0.39 is 0 Å². The molecule has 0 spiro atoms.